The van der Waals surface area contributed by atoms with Gasteiger partial charge in [-0.25, -0.2) is 0 Å². The summed E-state index contributed by atoms with van der Waals surface area (Å²) in [7, 11) is 0. The van der Waals surface area contributed by atoms with Gasteiger partial charge in [0.15, 0.2) is 0 Å². The van der Waals surface area contributed by atoms with Crippen LogP contribution in [0.15, 0.2) is 24.3 Å². The summed E-state index contributed by atoms with van der Waals surface area (Å²) >= 11 is 1.94. The number of rotatable bonds is 3. The fourth-order valence-electron chi connectivity index (χ4n) is 2.18. The van der Waals surface area contributed by atoms with Gasteiger partial charge in [-0.05, 0) is 18.1 Å². The summed E-state index contributed by atoms with van der Waals surface area (Å²) in [5.74, 6) is 1.15. The van der Waals surface area contributed by atoms with Crippen LogP contribution in [0, 0.1) is 18.3 Å². The highest BCUT2D eigenvalue weighted by molar-refractivity contribution is 8.00. The molecule has 2 rings (SSSR count). The lowest BCUT2D eigenvalue weighted by Crippen LogP contribution is -2.37. The van der Waals surface area contributed by atoms with E-state index in [-0.39, 0.29) is 0 Å². The van der Waals surface area contributed by atoms with Gasteiger partial charge in [-0.3, -0.25) is 4.90 Å². The number of hydrogen-bond acceptors (Lipinski definition) is 3. The Morgan fingerprint density at radius 3 is 3.06 bits per heavy atom. The van der Waals surface area contributed by atoms with Crippen molar-refractivity contribution >= 4 is 11.8 Å². The summed E-state index contributed by atoms with van der Waals surface area (Å²) in [4.78, 5) is 2.47. The minimum atomic E-state index is 0.498. The molecule has 1 heterocycles. The van der Waals surface area contributed by atoms with Crippen LogP contribution in [-0.2, 0) is 6.54 Å². The third-order valence-corrected chi connectivity index (χ3v) is 4.40. The van der Waals surface area contributed by atoms with E-state index >= 15 is 0 Å². The maximum atomic E-state index is 8.76. The van der Waals surface area contributed by atoms with Gasteiger partial charge in [0.2, 0.25) is 0 Å². The topological polar surface area (TPSA) is 27.0 Å². The molecule has 0 saturated carbocycles. The van der Waals surface area contributed by atoms with Gasteiger partial charge in [0.05, 0.1) is 6.07 Å². The van der Waals surface area contributed by atoms with Crippen LogP contribution >= 0.6 is 11.8 Å². The Morgan fingerprint density at radius 1 is 1.47 bits per heavy atom. The van der Waals surface area contributed by atoms with Crippen LogP contribution in [0.25, 0.3) is 0 Å². The van der Waals surface area contributed by atoms with Crippen molar-refractivity contribution in [2.75, 3.05) is 18.8 Å². The van der Waals surface area contributed by atoms with Crippen LogP contribution < -0.4 is 0 Å². The first-order valence-corrected chi connectivity index (χ1v) is 7.10. The molecule has 1 aromatic carbocycles. The predicted octanol–water partition coefficient (Wildman–Crippen LogP) is 2.83. The number of aryl methyl sites for hydroxylation is 1. The zero-order valence-electron chi connectivity index (χ0n) is 10.2. The molecule has 1 aliphatic heterocycles. The van der Waals surface area contributed by atoms with Crippen molar-refractivity contribution in [3.8, 4) is 6.07 Å². The molecule has 2 nitrogen and oxygen atoms in total. The van der Waals surface area contributed by atoms with Crippen LogP contribution in [0.4, 0.5) is 0 Å². The highest BCUT2D eigenvalue weighted by Crippen LogP contribution is 2.22. The third kappa shape index (κ3) is 3.49. The molecule has 1 atom stereocenters. The Morgan fingerprint density at radius 2 is 2.29 bits per heavy atom. The van der Waals surface area contributed by atoms with Gasteiger partial charge >= 0.3 is 0 Å². The molecular formula is C14H18N2S. The van der Waals surface area contributed by atoms with Crippen molar-refractivity contribution in [2.45, 2.75) is 25.1 Å². The fraction of sp³-hybridized carbons (Fsp3) is 0.500. The second kappa shape index (κ2) is 6.09. The summed E-state index contributed by atoms with van der Waals surface area (Å²) in [6.07, 6.45) is 0.676. The molecule has 1 fully saturated rings. The molecule has 1 aliphatic rings. The van der Waals surface area contributed by atoms with Crippen molar-refractivity contribution in [1.29, 1.82) is 5.26 Å². The first kappa shape index (κ1) is 12.5. The van der Waals surface area contributed by atoms with E-state index < -0.39 is 0 Å². The molecule has 0 amide bonds. The van der Waals surface area contributed by atoms with E-state index in [9.17, 15) is 0 Å². The smallest absolute Gasteiger partial charge is 0.0633 e. The van der Waals surface area contributed by atoms with Crippen molar-refractivity contribution < 1.29 is 0 Å². The summed E-state index contributed by atoms with van der Waals surface area (Å²) in [5.41, 5.74) is 2.78. The van der Waals surface area contributed by atoms with E-state index in [0.29, 0.717) is 11.7 Å². The van der Waals surface area contributed by atoms with Crippen molar-refractivity contribution in [2.24, 2.45) is 0 Å². The zero-order chi connectivity index (χ0) is 12.1. The van der Waals surface area contributed by atoms with Crippen molar-refractivity contribution in [1.82, 2.24) is 4.90 Å². The molecular weight excluding hydrogens is 228 g/mol. The average molecular weight is 246 g/mol. The fourth-order valence-corrected chi connectivity index (χ4v) is 3.38. The molecule has 0 aliphatic carbocycles. The minimum Gasteiger partial charge on any atom is -0.297 e. The average Bonchev–Trinajstić information content (AvgIpc) is 2.33. The normalized spacial score (nSPS) is 21.1. The Balaban J connectivity index is 1.95. The SMILES string of the molecule is Cc1ccccc1CN1CCSC(CC#N)C1. The van der Waals surface area contributed by atoms with Gasteiger partial charge in [0.1, 0.15) is 0 Å². The molecule has 1 unspecified atom stereocenters. The van der Waals surface area contributed by atoms with Crippen LogP contribution in [0.2, 0.25) is 0 Å². The number of thioether (sulfide) groups is 1. The summed E-state index contributed by atoms with van der Waals surface area (Å²) in [5, 5.41) is 9.25. The monoisotopic (exact) mass is 246 g/mol. The highest BCUT2D eigenvalue weighted by Gasteiger charge is 2.20. The first-order valence-electron chi connectivity index (χ1n) is 6.05. The summed E-state index contributed by atoms with van der Waals surface area (Å²) < 4.78 is 0. The molecule has 3 heteroatoms. The van der Waals surface area contributed by atoms with Crippen LogP contribution in [0.3, 0.4) is 0 Å². The molecule has 0 spiro atoms. The van der Waals surface area contributed by atoms with E-state index in [1.54, 1.807) is 0 Å². The Labute approximate surface area is 108 Å². The standard InChI is InChI=1S/C14H18N2S/c1-12-4-2-3-5-13(12)10-16-8-9-17-14(11-16)6-7-15/h2-5,14H,6,8-11H2,1H3. The molecule has 1 aromatic rings. The van der Waals surface area contributed by atoms with Gasteiger partial charge in [-0.1, -0.05) is 24.3 Å². The van der Waals surface area contributed by atoms with E-state index in [0.717, 1.165) is 25.4 Å². The minimum absolute atomic E-state index is 0.498. The van der Waals surface area contributed by atoms with E-state index in [1.165, 1.54) is 11.1 Å². The highest BCUT2D eigenvalue weighted by atomic mass is 32.2. The van der Waals surface area contributed by atoms with E-state index in [1.807, 2.05) is 11.8 Å². The lowest BCUT2D eigenvalue weighted by Gasteiger charge is -2.31. The number of nitrogens with zero attached hydrogens (tertiary/aromatic N) is 2. The zero-order valence-corrected chi connectivity index (χ0v) is 11.0. The number of hydrogen-bond donors (Lipinski definition) is 0. The largest absolute Gasteiger partial charge is 0.297 e. The molecule has 0 bridgehead atoms. The Hall–Kier alpha value is -0.980. The van der Waals surface area contributed by atoms with E-state index in [4.69, 9.17) is 5.26 Å². The van der Waals surface area contributed by atoms with Crippen LogP contribution in [-0.4, -0.2) is 29.0 Å². The summed E-state index contributed by atoms with van der Waals surface area (Å²) in [6, 6.07) is 10.8. The second-order valence-electron chi connectivity index (χ2n) is 4.52. The van der Waals surface area contributed by atoms with Gasteiger partial charge in [0, 0.05) is 37.1 Å². The predicted molar refractivity (Wildman–Crippen MR) is 72.9 cm³/mol. The molecule has 0 N–H and O–H groups in total. The Kier molecular flexibility index (Phi) is 4.47. The van der Waals surface area contributed by atoms with Crippen molar-refractivity contribution in [3.05, 3.63) is 35.4 Å². The molecule has 17 heavy (non-hydrogen) atoms. The molecule has 0 aromatic heterocycles. The van der Waals surface area contributed by atoms with Crippen LogP contribution in [0.5, 0.6) is 0 Å². The third-order valence-electron chi connectivity index (χ3n) is 3.20. The summed E-state index contributed by atoms with van der Waals surface area (Å²) in [6.45, 7) is 5.38. The number of benzene rings is 1. The quantitative estimate of drug-likeness (QED) is 0.820. The lowest BCUT2D eigenvalue weighted by atomic mass is 10.1. The Bertz CT molecular complexity index is 411. The van der Waals surface area contributed by atoms with Gasteiger partial charge in [-0.15, -0.1) is 0 Å². The molecule has 1 saturated heterocycles. The lowest BCUT2D eigenvalue weighted by molar-refractivity contribution is 0.275. The van der Waals surface area contributed by atoms with Gasteiger partial charge in [-0.2, -0.15) is 17.0 Å². The molecule has 0 radical (unpaired) electrons. The maximum absolute atomic E-state index is 8.76. The van der Waals surface area contributed by atoms with Gasteiger partial charge < -0.3 is 0 Å². The second-order valence-corrected chi connectivity index (χ2v) is 5.92. The number of nitriles is 1. The maximum Gasteiger partial charge on any atom is 0.0633 e. The van der Waals surface area contributed by atoms with Crippen molar-refractivity contribution in [3.63, 3.8) is 0 Å². The molecule has 90 valence electrons. The van der Waals surface area contributed by atoms with Crippen LogP contribution in [0.1, 0.15) is 17.5 Å². The van der Waals surface area contributed by atoms with Gasteiger partial charge in [0.25, 0.3) is 0 Å². The first-order chi connectivity index (χ1) is 8.29. The van der Waals surface area contributed by atoms with E-state index in [2.05, 4.69) is 42.2 Å².